The fourth-order valence-corrected chi connectivity index (χ4v) is 7.48. The Morgan fingerprint density at radius 2 is 1.11 bits per heavy atom. The van der Waals surface area contributed by atoms with Crippen LogP contribution in [0, 0.1) is 23.7 Å². The van der Waals surface area contributed by atoms with Gasteiger partial charge >= 0.3 is 11.9 Å². The van der Waals surface area contributed by atoms with E-state index in [1.807, 2.05) is 0 Å². The summed E-state index contributed by atoms with van der Waals surface area (Å²) >= 11 is 0. The highest BCUT2D eigenvalue weighted by Crippen LogP contribution is 2.49. The Morgan fingerprint density at radius 1 is 0.583 bits per heavy atom. The van der Waals surface area contributed by atoms with Crippen LogP contribution < -0.4 is 0 Å². The first-order valence-corrected chi connectivity index (χ1v) is 16.4. The van der Waals surface area contributed by atoms with E-state index in [2.05, 4.69) is 0 Å². The number of hydrogen-bond acceptors (Lipinski definition) is 8. The zero-order valence-corrected chi connectivity index (χ0v) is 22.4. The summed E-state index contributed by atoms with van der Waals surface area (Å²) in [6.07, 6.45) is 12.1. The maximum Gasteiger partial charge on any atom is 0.323 e. The highest BCUT2D eigenvalue weighted by molar-refractivity contribution is 7.86. The summed E-state index contributed by atoms with van der Waals surface area (Å²) in [5.41, 5.74) is 0. The molecule has 0 spiro atoms. The maximum atomic E-state index is 12.1. The van der Waals surface area contributed by atoms with Gasteiger partial charge in [0.05, 0.1) is 0 Å². The lowest BCUT2D eigenvalue weighted by atomic mass is 9.60. The smallest absolute Gasteiger partial charge is 0.323 e. The Hall–Kier alpha value is -1.24. The lowest BCUT2D eigenvalue weighted by Crippen LogP contribution is -2.42. The third kappa shape index (κ3) is 9.90. The minimum atomic E-state index is -4.44. The van der Waals surface area contributed by atoms with Crippen molar-refractivity contribution in [1.82, 2.24) is 0 Å². The molecule has 0 aliphatic heterocycles. The van der Waals surface area contributed by atoms with Crippen LogP contribution >= 0.6 is 0 Å². The molecular formula is C24H40O10S2. The standard InChI is InChI=1S/C24H40O10S2/c25-23(15-35(27,28)29)33-19-9-4-2-1-3-7-17(11-12-19)22-14-20(34-24(26)16-36(30,31)32)13-18-8-5-6-10-21(18)22/h17-22H,1-16H2,(H,27,28,29)(H,30,31,32). The molecule has 0 aromatic rings. The molecule has 3 rings (SSSR count). The van der Waals surface area contributed by atoms with Crippen molar-refractivity contribution in [2.75, 3.05) is 11.5 Å². The molecule has 3 aliphatic carbocycles. The van der Waals surface area contributed by atoms with E-state index < -0.39 is 49.8 Å². The van der Waals surface area contributed by atoms with Crippen LogP contribution in [0.4, 0.5) is 0 Å². The molecule has 0 aromatic heterocycles. The van der Waals surface area contributed by atoms with Crippen LogP contribution in [0.5, 0.6) is 0 Å². The quantitative estimate of drug-likeness (QED) is 0.353. The number of carbonyl (C=O) groups excluding carboxylic acids is 2. The van der Waals surface area contributed by atoms with Crippen molar-refractivity contribution < 1.29 is 45.0 Å². The maximum absolute atomic E-state index is 12.1. The molecule has 0 aromatic carbocycles. The second-order valence-corrected chi connectivity index (χ2v) is 13.8. The van der Waals surface area contributed by atoms with Gasteiger partial charge in [0.2, 0.25) is 0 Å². The molecule has 0 heterocycles. The average Bonchev–Trinajstić information content (AvgIpc) is 2.75. The van der Waals surface area contributed by atoms with Gasteiger partial charge in [-0.05, 0) is 68.6 Å². The Balaban J connectivity index is 1.70. The fraction of sp³-hybridized carbons (Fsp3) is 0.917. The van der Waals surface area contributed by atoms with Crippen LogP contribution in [-0.2, 0) is 39.3 Å². The molecule has 36 heavy (non-hydrogen) atoms. The second kappa shape index (κ2) is 13.0. The van der Waals surface area contributed by atoms with E-state index >= 15 is 0 Å². The van der Waals surface area contributed by atoms with E-state index in [0.717, 1.165) is 64.2 Å². The molecule has 208 valence electrons. The third-order valence-electron chi connectivity index (χ3n) is 8.13. The predicted octanol–water partition coefficient (Wildman–Crippen LogP) is 3.55. The first-order chi connectivity index (χ1) is 16.9. The number of hydrogen-bond donors (Lipinski definition) is 2. The Morgan fingerprint density at radius 3 is 1.75 bits per heavy atom. The van der Waals surface area contributed by atoms with Gasteiger partial charge in [-0.25, -0.2) is 0 Å². The minimum Gasteiger partial charge on any atom is -0.462 e. The van der Waals surface area contributed by atoms with Crippen molar-refractivity contribution >= 4 is 32.2 Å². The molecule has 2 N–H and O–H groups in total. The number of rotatable bonds is 7. The minimum absolute atomic E-state index is 0.293. The molecule has 0 radical (unpaired) electrons. The van der Waals surface area contributed by atoms with Gasteiger partial charge in [-0.3, -0.25) is 18.7 Å². The van der Waals surface area contributed by atoms with Gasteiger partial charge in [-0.15, -0.1) is 0 Å². The van der Waals surface area contributed by atoms with Crippen molar-refractivity contribution in [3.8, 4) is 0 Å². The van der Waals surface area contributed by atoms with Gasteiger partial charge in [-0.1, -0.05) is 44.9 Å². The van der Waals surface area contributed by atoms with E-state index in [1.165, 1.54) is 0 Å². The second-order valence-electron chi connectivity index (χ2n) is 10.8. The van der Waals surface area contributed by atoms with Crippen molar-refractivity contribution in [3.63, 3.8) is 0 Å². The van der Waals surface area contributed by atoms with E-state index in [0.29, 0.717) is 49.4 Å². The van der Waals surface area contributed by atoms with E-state index in [9.17, 15) is 26.4 Å². The summed E-state index contributed by atoms with van der Waals surface area (Å²) in [4.78, 5) is 24.2. The summed E-state index contributed by atoms with van der Waals surface area (Å²) in [5, 5.41) is 0. The van der Waals surface area contributed by atoms with Gasteiger partial charge in [0, 0.05) is 0 Å². The van der Waals surface area contributed by atoms with Crippen LogP contribution in [0.15, 0.2) is 0 Å². The molecule has 3 saturated carbocycles. The number of ether oxygens (including phenoxy) is 2. The van der Waals surface area contributed by atoms with E-state index in [-0.39, 0.29) is 6.10 Å². The topological polar surface area (TPSA) is 161 Å². The summed E-state index contributed by atoms with van der Waals surface area (Å²) in [7, 11) is -8.89. The van der Waals surface area contributed by atoms with Gasteiger partial charge in [0.25, 0.3) is 20.2 Å². The SMILES string of the molecule is O=C(CS(=O)(=O)O)OC1CCCCCCC(C2CC(OC(=O)CS(=O)(=O)O)CC3CCCCC32)CC1. The van der Waals surface area contributed by atoms with Crippen molar-refractivity contribution in [1.29, 1.82) is 0 Å². The highest BCUT2D eigenvalue weighted by Gasteiger charge is 2.43. The molecule has 6 atom stereocenters. The molecule has 0 bridgehead atoms. The Bertz CT molecular complexity index is 961. The van der Waals surface area contributed by atoms with Gasteiger partial charge in [0.15, 0.2) is 11.5 Å². The normalized spacial score (nSPS) is 32.6. The number of esters is 2. The predicted molar refractivity (Wildman–Crippen MR) is 131 cm³/mol. The fourth-order valence-electron chi connectivity index (χ4n) is 6.75. The van der Waals surface area contributed by atoms with Crippen LogP contribution in [0.1, 0.15) is 89.9 Å². The molecule has 3 aliphatic rings. The molecule has 12 heteroatoms. The molecule has 3 fully saturated rings. The van der Waals surface area contributed by atoms with Crippen LogP contribution in [0.3, 0.4) is 0 Å². The van der Waals surface area contributed by atoms with Crippen molar-refractivity contribution in [2.24, 2.45) is 23.7 Å². The summed E-state index contributed by atoms with van der Waals surface area (Å²) < 4.78 is 73.3. The van der Waals surface area contributed by atoms with Gasteiger partial charge in [-0.2, -0.15) is 16.8 Å². The molecule has 10 nitrogen and oxygen atoms in total. The zero-order valence-electron chi connectivity index (χ0n) is 20.8. The summed E-state index contributed by atoms with van der Waals surface area (Å²) in [6, 6.07) is 0. The number of fused-ring (bicyclic) bond motifs is 1. The van der Waals surface area contributed by atoms with Crippen LogP contribution in [0.2, 0.25) is 0 Å². The Kier molecular flexibility index (Phi) is 10.6. The monoisotopic (exact) mass is 552 g/mol. The Labute approximate surface area is 214 Å². The van der Waals surface area contributed by atoms with Crippen LogP contribution in [-0.4, -0.2) is 61.6 Å². The zero-order chi connectivity index (χ0) is 26.3. The van der Waals surface area contributed by atoms with Gasteiger partial charge in [0.1, 0.15) is 12.2 Å². The third-order valence-corrected chi connectivity index (χ3v) is 9.33. The van der Waals surface area contributed by atoms with Crippen molar-refractivity contribution in [3.05, 3.63) is 0 Å². The largest absolute Gasteiger partial charge is 0.462 e. The lowest BCUT2D eigenvalue weighted by Gasteiger charge is -2.47. The highest BCUT2D eigenvalue weighted by atomic mass is 32.2. The molecule has 0 amide bonds. The molecule has 0 saturated heterocycles. The average molecular weight is 553 g/mol. The first kappa shape index (κ1) is 29.3. The van der Waals surface area contributed by atoms with Crippen molar-refractivity contribution in [2.45, 2.75) is 102 Å². The molecular weight excluding hydrogens is 512 g/mol. The number of carbonyl (C=O) groups is 2. The molecule has 6 unspecified atom stereocenters. The van der Waals surface area contributed by atoms with E-state index in [1.54, 1.807) is 0 Å². The van der Waals surface area contributed by atoms with Crippen LogP contribution in [0.25, 0.3) is 0 Å². The summed E-state index contributed by atoms with van der Waals surface area (Å²) in [5.74, 6) is -2.43. The lowest BCUT2D eigenvalue weighted by molar-refractivity contribution is -0.152. The first-order valence-electron chi connectivity index (χ1n) is 13.2. The summed E-state index contributed by atoms with van der Waals surface area (Å²) in [6.45, 7) is 0. The van der Waals surface area contributed by atoms with E-state index in [4.69, 9.17) is 18.6 Å². The van der Waals surface area contributed by atoms with Gasteiger partial charge < -0.3 is 9.47 Å².